The minimum absolute atomic E-state index is 0.101. The number of carbonyl (C=O) groups is 1. The molecule has 6 heteroatoms. The third kappa shape index (κ3) is 3.91. The van der Waals surface area contributed by atoms with Crippen molar-refractivity contribution >= 4 is 5.91 Å². The summed E-state index contributed by atoms with van der Waals surface area (Å²) >= 11 is 0. The van der Waals surface area contributed by atoms with Crippen LogP contribution < -0.4 is 10.1 Å². The van der Waals surface area contributed by atoms with E-state index >= 15 is 0 Å². The molecule has 0 saturated carbocycles. The number of rotatable bonds is 6. The smallest absolute Gasteiger partial charge is 0.255 e. The molecule has 5 nitrogen and oxygen atoms in total. The molecular formula is C20H19FN2O3. The van der Waals surface area contributed by atoms with Crippen molar-refractivity contribution in [2.45, 2.75) is 27.0 Å². The van der Waals surface area contributed by atoms with Crippen LogP contribution in [0.1, 0.15) is 32.9 Å². The van der Waals surface area contributed by atoms with E-state index in [0.717, 1.165) is 11.3 Å². The highest BCUT2D eigenvalue weighted by molar-refractivity contribution is 5.96. The summed E-state index contributed by atoms with van der Waals surface area (Å²) in [7, 11) is 0. The highest BCUT2D eigenvalue weighted by Crippen LogP contribution is 2.21. The largest absolute Gasteiger partial charge is 0.488 e. The normalized spacial score (nSPS) is 10.6. The zero-order valence-electron chi connectivity index (χ0n) is 14.6. The van der Waals surface area contributed by atoms with E-state index in [2.05, 4.69) is 10.5 Å². The van der Waals surface area contributed by atoms with Gasteiger partial charge in [0.25, 0.3) is 5.91 Å². The Morgan fingerprint density at radius 1 is 1.15 bits per heavy atom. The van der Waals surface area contributed by atoms with Gasteiger partial charge in [-0.2, -0.15) is 0 Å². The van der Waals surface area contributed by atoms with Gasteiger partial charge in [-0.05, 0) is 32.0 Å². The van der Waals surface area contributed by atoms with E-state index in [1.807, 2.05) is 13.8 Å². The van der Waals surface area contributed by atoms with Crippen molar-refractivity contribution in [3.05, 3.63) is 82.5 Å². The number of nitrogens with zero attached hydrogens (tertiary/aromatic N) is 1. The standard InChI is InChI=1S/C20H19FN2O3/c1-13-17(14(2)26-23-13)12-25-19-10-6-4-8-16(19)20(24)22-11-15-7-3-5-9-18(15)21/h3-10H,11-12H2,1-2H3,(H,22,24). The molecule has 1 aromatic heterocycles. The van der Waals surface area contributed by atoms with Gasteiger partial charge < -0.3 is 14.6 Å². The summed E-state index contributed by atoms with van der Waals surface area (Å²) in [5.74, 6) is 0.445. The van der Waals surface area contributed by atoms with Crippen LogP contribution in [0.25, 0.3) is 0 Å². The van der Waals surface area contributed by atoms with E-state index in [4.69, 9.17) is 9.26 Å². The number of ether oxygens (including phenoxy) is 1. The Kier molecular flexibility index (Phi) is 5.31. The van der Waals surface area contributed by atoms with Crippen molar-refractivity contribution in [1.29, 1.82) is 0 Å². The molecule has 0 aliphatic rings. The van der Waals surface area contributed by atoms with Crippen LogP contribution in [0.15, 0.2) is 53.1 Å². The van der Waals surface area contributed by atoms with Gasteiger partial charge in [0.15, 0.2) is 0 Å². The Balaban J connectivity index is 1.70. The molecule has 0 radical (unpaired) electrons. The van der Waals surface area contributed by atoms with Gasteiger partial charge in [-0.1, -0.05) is 35.5 Å². The van der Waals surface area contributed by atoms with Crippen LogP contribution in [0.2, 0.25) is 0 Å². The van der Waals surface area contributed by atoms with Crippen molar-refractivity contribution in [2.24, 2.45) is 0 Å². The summed E-state index contributed by atoms with van der Waals surface area (Å²) in [5.41, 5.74) is 2.42. The summed E-state index contributed by atoms with van der Waals surface area (Å²) in [5, 5.41) is 6.61. The van der Waals surface area contributed by atoms with Gasteiger partial charge in [-0.25, -0.2) is 4.39 Å². The van der Waals surface area contributed by atoms with Crippen LogP contribution in [-0.4, -0.2) is 11.1 Å². The Labute approximate surface area is 150 Å². The highest BCUT2D eigenvalue weighted by Gasteiger charge is 2.15. The Hall–Kier alpha value is -3.15. The summed E-state index contributed by atoms with van der Waals surface area (Å²) < 4.78 is 24.6. The van der Waals surface area contributed by atoms with Crippen LogP contribution in [0.3, 0.4) is 0 Å². The van der Waals surface area contributed by atoms with E-state index in [0.29, 0.717) is 22.6 Å². The molecule has 0 atom stereocenters. The molecule has 26 heavy (non-hydrogen) atoms. The number of amides is 1. The second kappa shape index (κ2) is 7.82. The maximum absolute atomic E-state index is 13.7. The van der Waals surface area contributed by atoms with E-state index in [1.54, 1.807) is 42.5 Å². The van der Waals surface area contributed by atoms with Crippen LogP contribution in [0.4, 0.5) is 4.39 Å². The molecule has 0 aliphatic heterocycles. The zero-order valence-corrected chi connectivity index (χ0v) is 14.6. The fraction of sp³-hybridized carbons (Fsp3) is 0.200. The highest BCUT2D eigenvalue weighted by atomic mass is 19.1. The number of hydrogen-bond acceptors (Lipinski definition) is 4. The summed E-state index contributed by atoms with van der Waals surface area (Å²) in [4.78, 5) is 12.5. The molecule has 0 unspecified atom stereocenters. The average Bonchev–Trinajstić information content (AvgIpc) is 2.97. The summed E-state index contributed by atoms with van der Waals surface area (Å²) in [6, 6.07) is 13.3. The number of para-hydroxylation sites is 1. The third-order valence-electron chi connectivity index (χ3n) is 4.08. The lowest BCUT2D eigenvalue weighted by molar-refractivity contribution is 0.0946. The molecule has 0 saturated heterocycles. The van der Waals surface area contributed by atoms with Gasteiger partial charge in [0.2, 0.25) is 0 Å². The lowest BCUT2D eigenvalue weighted by Gasteiger charge is -2.12. The van der Waals surface area contributed by atoms with Gasteiger partial charge in [-0.3, -0.25) is 4.79 Å². The number of halogens is 1. The minimum atomic E-state index is -0.351. The van der Waals surface area contributed by atoms with E-state index in [9.17, 15) is 9.18 Å². The van der Waals surface area contributed by atoms with Crippen molar-refractivity contribution in [1.82, 2.24) is 10.5 Å². The molecule has 1 heterocycles. The Morgan fingerprint density at radius 2 is 1.88 bits per heavy atom. The lowest BCUT2D eigenvalue weighted by atomic mass is 10.1. The van der Waals surface area contributed by atoms with Crippen LogP contribution in [-0.2, 0) is 13.2 Å². The number of benzene rings is 2. The summed E-state index contributed by atoms with van der Waals surface area (Å²) in [6.07, 6.45) is 0. The quantitative estimate of drug-likeness (QED) is 0.728. The summed E-state index contributed by atoms with van der Waals surface area (Å²) in [6.45, 7) is 4.00. The Bertz CT molecular complexity index is 901. The van der Waals surface area contributed by atoms with Gasteiger partial charge in [0, 0.05) is 12.1 Å². The molecule has 134 valence electrons. The van der Waals surface area contributed by atoms with Crippen molar-refractivity contribution in [3.63, 3.8) is 0 Å². The molecule has 0 bridgehead atoms. The Morgan fingerprint density at radius 3 is 2.62 bits per heavy atom. The maximum atomic E-state index is 13.7. The molecule has 0 fully saturated rings. The third-order valence-corrected chi connectivity index (χ3v) is 4.08. The molecular weight excluding hydrogens is 335 g/mol. The van der Waals surface area contributed by atoms with E-state index < -0.39 is 0 Å². The molecule has 1 N–H and O–H groups in total. The molecule has 2 aromatic carbocycles. The van der Waals surface area contributed by atoms with Crippen molar-refractivity contribution < 1.29 is 18.4 Å². The lowest BCUT2D eigenvalue weighted by Crippen LogP contribution is -2.24. The number of nitrogens with one attached hydrogen (secondary N) is 1. The van der Waals surface area contributed by atoms with Crippen molar-refractivity contribution in [2.75, 3.05) is 0 Å². The second-order valence-electron chi connectivity index (χ2n) is 5.86. The van der Waals surface area contributed by atoms with Gasteiger partial charge >= 0.3 is 0 Å². The van der Waals surface area contributed by atoms with E-state index in [1.165, 1.54) is 6.07 Å². The number of aryl methyl sites for hydroxylation is 2. The first-order valence-corrected chi connectivity index (χ1v) is 8.21. The van der Waals surface area contributed by atoms with Gasteiger partial charge in [0.05, 0.1) is 16.8 Å². The second-order valence-corrected chi connectivity index (χ2v) is 5.86. The first-order valence-electron chi connectivity index (χ1n) is 8.21. The number of aromatic nitrogens is 1. The van der Waals surface area contributed by atoms with Gasteiger partial charge in [0.1, 0.15) is 23.9 Å². The fourth-order valence-corrected chi connectivity index (χ4v) is 2.55. The van der Waals surface area contributed by atoms with Crippen LogP contribution >= 0.6 is 0 Å². The van der Waals surface area contributed by atoms with Gasteiger partial charge in [-0.15, -0.1) is 0 Å². The maximum Gasteiger partial charge on any atom is 0.255 e. The van der Waals surface area contributed by atoms with Crippen LogP contribution in [0, 0.1) is 19.7 Å². The van der Waals surface area contributed by atoms with Crippen molar-refractivity contribution in [3.8, 4) is 5.75 Å². The molecule has 1 amide bonds. The molecule has 3 rings (SSSR count). The first-order chi connectivity index (χ1) is 12.6. The predicted molar refractivity (Wildman–Crippen MR) is 94.3 cm³/mol. The topological polar surface area (TPSA) is 64.4 Å². The zero-order chi connectivity index (χ0) is 18.5. The number of hydrogen-bond donors (Lipinski definition) is 1. The molecule has 3 aromatic rings. The first kappa shape index (κ1) is 17.7. The molecule has 0 aliphatic carbocycles. The van der Waals surface area contributed by atoms with E-state index in [-0.39, 0.29) is 24.9 Å². The molecule has 0 spiro atoms. The SMILES string of the molecule is Cc1noc(C)c1COc1ccccc1C(=O)NCc1ccccc1F. The number of carbonyl (C=O) groups excluding carboxylic acids is 1. The average molecular weight is 354 g/mol. The predicted octanol–water partition coefficient (Wildman–Crippen LogP) is 3.94. The monoisotopic (exact) mass is 354 g/mol. The van der Waals surface area contributed by atoms with Crippen LogP contribution in [0.5, 0.6) is 5.75 Å². The fourth-order valence-electron chi connectivity index (χ4n) is 2.55. The minimum Gasteiger partial charge on any atom is -0.488 e.